The Bertz CT molecular complexity index is 523. The van der Waals surface area contributed by atoms with E-state index in [2.05, 4.69) is 21.1 Å². The van der Waals surface area contributed by atoms with Crippen LogP contribution < -0.4 is 0 Å². The quantitative estimate of drug-likeness (QED) is 0.870. The fourth-order valence-corrected chi connectivity index (χ4v) is 1.71. The molecular weight excluding hydrogens is 273 g/mol. The van der Waals surface area contributed by atoms with Crippen LogP contribution in [0.25, 0.3) is 11.0 Å². The predicted octanol–water partition coefficient (Wildman–Crippen LogP) is 2.94. The van der Waals surface area contributed by atoms with Gasteiger partial charge in [-0.3, -0.25) is 0 Å². The summed E-state index contributed by atoms with van der Waals surface area (Å²) in [5.74, 6) is -1.08. The smallest absolute Gasteiger partial charge is 0.337 e. The molecule has 0 amide bonds. The van der Waals surface area contributed by atoms with Crippen molar-refractivity contribution in [3.05, 3.63) is 27.3 Å². The lowest BCUT2D eigenvalue weighted by atomic mass is 10.2. The van der Waals surface area contributed by atoms with Gasteiger partial charge in [0.1, 0.15) is 0 Å². The fourth-order valence-electron chi connectivity index (χ4n) is 1.09. The molecule has 72 valence electrons. The number of aromatic nitrogens is 1. The Morgan fingerprint density at radius 2 is 2.29 bits per heavy atom. The normalized spacial score (nSPS) is 10.7. The van der Waals surface area contributed by atoms with Gasteiger partial charge in [0.2, 0.25) is 0 Å². The van der Waals surface area contributed by atoms with Crippen LogP contribution in [0.1, 0.15) is 10.4 Å². The van der Waals surface area contributed by atoms with Gasteiger partial charge in [-0.05, 0) is 22.0 Å². The number of hydrogen-bond donors (Lipinski definition) is 1. The summed E-state index contributed by atoms with van der Waals surface area (Å²) in [4.78, 5) is 10.7. The van der Waals surface area contributed by atoms with Crippen LogP contribution in [-0.2, 0) is 0 Å². The Balaban J connectivity index is 2.80. The van der Waals surface area contributed by atoms with E-state index in [9.17, 15) is 4.79 Å². The van der Waals surface area contributed by atoms with Crippen LogP contribution in [0.5, 0.6) is 0 Å². The van der Waals surface area contributed by atoms with Gasteiger partial charge in [0, 0.05) is 6.07 Å². The van der Waals surface area contributed by atoms with Crippen molar-refractivity contribution in [2.45, 2.75) is 0 Å². The molecule has 0 unspecified atom stereocenters. The Morgan fingerprint density at radius 1 is 1.57 bits per heavy atom. The van der Waals surface area contributed by atoms with E-state index >= 15 is 0 Å². The van der Waals surface area contributed by atoms with E-state index in [0.29, 0.717) is 15.6 Å². The fraction of sp³-hybridized carbons (Fsp3) is 0. The number of aromatic carboxylic acids is 1. The van der Waals surface area contributed by atoms with Gasteiger partial charge in [-0.1, -0.05) is 16.8 Å². The second-order valence-corrected chi connectivity index (χ2v) is 3.77. The number of nitrogens with zero attached hydrogens (tertiary/aromatic N) is 1. The van der Waals surface area contributed by atoms with Crippen molar-refractivity contribution in [3.8, 4) is 0 Å². The largest absolute Gasteiger partial charge is 0.478 e. The number of carboxylic acid groups (broad SMARTS) is 1. The minimum atomic E-state index is -1.08. The van der Waals surface area contributed by atoms with Crippen molar-refractivity contribution in [2.75, 3.05) is 0 Å². The first kappa shape index (κ1) is 9.48. The zero-order valence-corrected chi connectivity index (χ0v) is 8.96. The van der Waals surface area contributed by atoms with Gasteiger partial charge < -0.3 is 9.63 Å². The molecule has 2 rings (SSSR count). The number of benzene rings is 1. The van der Waals surface area contributed by atoms with E-state index in [1.54, 1.807) is 0 Å². The highest BCUT2D eigenvalue weighted by Gasteiger charge is 2.14. The molecule has 2 aromatic rings. The summed E-state index contributed by atoms with van der Waals surface area (Å²) in [5.41, 5.74) is 0.481. The molecular formula is C8H3BrClNO3. The van der Waals surface area contributed by atoms with E-state index in [4.69, 9.17) is 21.2 Å². The molecule has 0 aliphatic carbocycles. The average Bonchev–Trinajstić information content (AvgIpc) is 2.46. The maximum atomic E-state index is 10.7. The van der Waals surface area contributed by atoms with Crippen molar-refractivity contribution in [3.63, 3.8) is 0 Å². The SMILES string of the molecule is O=C(O)c1cc2c(Br)noc2cc1Cl. The lowest BCUT2D eigenvalue weighted by Crippen LogP contribution is -1.96. The van der Waals surface area contributed by atoms with Crippen LogP contribution in [-0.4, -0.2) is 16.2 Å². The molecule has 14 heavy (non-hydrogen) atoms. The average molecular weight is 276 g/mol. The first-order chi connectivity index (χ1) is 6.59. The highest BCUT2D eigenvalue weighted by molar-refractivity contribution is 9.10. The molecule has 0 aliphatic rings. The van der Waals surface area contributed by atoms with E-state index in [0.717, 1.165) is 0 Å². The minimum Gasteiger partial charge on any atom is -0.478 e. The van der Waals surface area contributed by atoms with E-state index in [1.165, 1.54) is 12.1 Å². The van der Waals surface area contributed by atoms with E-state index < -0.39 is 5.97 Å². The van der Waals surface area contributed by atoms with Gasteiger partial charge in [-0.15, -0.1) is 0 Å². The maximum absolute atomic E-state index is 10.7. The van der Waals surface area contributed by atoms with Gasteiger partial charge in [-0.25, -0.2) is 4.79 Å². The highest BCUT2D eigenvalue weighted by atomic mass is 79.9. The van der Waals surface area contributed by atoms with E-state index in [1.807, 2.05) is 0 Å². The lowest BCUT2D eigenvalue weighted by Gasteiger charge is -1.96. The topological polar surface area (TPSA) is 63.3 Å². The van der Waals surface area contributed by atoms with Crippen LogP contribution in [0.2, 0.25) is 5.02 Å². The number of fused-ring (bicyclic) bond motifs is 1. The molecule has 0 saturated heterocycles. The summed E-state index contributed by atoms with van der Waals surface area (Å²) in [6.07, 6.45) is 0. The Kier molecular flexibility index (Phi) is 2.20. The second kappa shape index (κ2) is 3.25. The predicted molar refractivity (Wildman–Crippen MR) is 53.7 cm³/mol. The molecule has 0 fully saturated rings. The summed E-state index contributed by atoms with van der Waals surface area (Å²) in [6.45, 7) is 0. The Morgan fingerprint density at radius 3 is 2.93 bits per heavy atom. The third-order valence-electron chi connectivity index (χ3n) is 1.75. The van der Waals surface area contributed by atoms with Crippen molar-refractivity contribution in [1.82, 2.24) is 5.16 Å². The van der Waals surface area contributed by atoms with Gasteiger partial charge >= 0.3 is 5.97 Å². The summed E-state index contributed by atoms with van der Waals surface area (Å²) in [6, 6.07) is 2.85. The van der Waals surface area contributed by atoms with Crippen molar-refractivity contribution >= 4 is 44.5 Å². The molecule has 4 nitrogen and oxygen atoms in total. The summed E-state index contributed by atoms with van der Waals surface area (Å²) < 4.78 is 5.35. The zero-order valence-electron chi connectivity index (χ0n) is 6.62. The molecule has 1 aromatic heterocycles. The summed E-state index contributed by atoms with van der Waals surface area (Å²) in [7, 11) is 0. The van der Waals surface area contributed by atoms with Crippen LogP contribution in [0.3, 0.4) is 0 Å². The number of carbonyl (C=O) groups is 1. The molecule has 6 heteroatoms. The summed E-state index contributed by atoms with van der Waals surface area (Å²) >= 11 is 8.86. The van der Waals surface area contributed by atoms with Crippen LogP contribution in [0, 0.1) is 0 Å². The first-order valence-corrected chi connectivity index (χ1v) is 4.74. The van der Waals surface area contributed by atoms with Crippen molar-refractivity contribution in [2.24, 2.45) is 0 Å². The van der Waals surface area contributed by atoms with Crippen molar-refractivity contribution in [1.29, 1.82) is 0 Å². The lowest BCUT2D eigenvalue weighted by molar-refractivity contribution is 0.0697. The number of halogens is 2. The Labute approximate surface area is 91.6 Å². The highest BCUT2D eigenvalue weighted by Crippen LogP contribution is 2.28. The third kappa shape index (κ3) is 1.38. The molecule has 1 N–H and O–H groups in total. The van der Waals surface area contributed by atoms with Crippen LogP contribution in [0.4, 0.5) is 0 Å². The molecule has 1 heterocycles. The molecule has 0 bridgehead atoms. The number of hydrogen-bond acceptors (Lipinski definition) is 3. The maximum Gasteiger partial charge on any atom is 0.337 e. The number of rotatable bonds is 1. The molecule has 0 aliphatic heterocycles. The zero-order chi connectivity index (χ0) is 10.3. The molecule has 1 aromatic carbocycles. The third-order valence-corrected chi connectivity index (χ3v) is 2.63. The number of carboxylic acids is 1. The van der Waals surface area contributed by atoms with Crippen molar-refractivity contribution < 1.29 is 14.4 Å². The summed E-state index contributed by atoms with van der Waals surface area (Å²) in [5, 5.41) is 13.2. The monoisotopic (exact) mass is 275 g/mol. The Hall–Kier alpha value is -1.07. The van der Waals surface area contributed by atoms with Gasteiger partial charge in [0.25, 0.3) is 0 Å². The standard InChI is InChI=1S/C8H3BrClNO3/c9-7-4-1-3(8(12)13)5(10)2-6(4)14-11-7/h1-2H,(H,12,13). The second-order valence-electron chi connectivity index (χ2n) is 2.61. The molecule has 0 spiro atoms. The van der Waals surface area contributed by atoms with Gasteiger partial charge in [0.05, 0.1) is 16.0 Å². The van der Waals surface area contributed by atoms with Crippen LogP contribution >= 0.6 is 27.5 Å². The molecule has 0 radical (unpaired) electrons. The molecule has 0 saturated carbocycles. The molecule has 0 atom stereocenters. The van der Waals surface area contributed by atoms with Gasteiger partial charge in [-0.2, -0.15) is 0 Å². The minimum absolute atomic E-state index is 0.0306. The first-order valence-electron chi connectivity index (χ1n) is 3.57. The van der Waals surface area contributed by atoms with Crippen LogP contribution in [0.15, 0.2) is 21.3 Å². The van der Waals surface area contributed by atoms with Gasteiger partial charge in [0.15, 0.2) is 10.2 Å². The van der Waals surface area contributed by atoms with E-state index in [-0.39, 0.29) is 10.6 Å².